The van der Waals surface area contributed by atoms with E-state index >= 15 is 0 Å². The first-order valence-electron chi connectivity index (χ1n) is 10.4. The monoisotopic (exact) mass is 418 g/mol. The first-order chi connectivity index (χ1) is 14.9. The third kappa shape index (κ3) is 5.54. The lowest BCUT2D eigenvalue weighted by molar-refractivity contribution is -0.123. The summed E-state index contributed by atoms with van der Waals surface area (Å²) in [7, 11) is 3.91. The predicted molar refractivity (Wildman–Crippen MR) is 127 cm³/mol. The average Bonchev–Trinajstić information content (AvgIpc) is 3.05. The second kappa shape index (κ2) is 9.98. The number of anilines is 1. The van der Waals surface area contributed by atoms with Crippen molar-refractivity contribution in [3.05, 3.63) is 77.1 Å². The Hall–Kier alpha value is -3.54. The van der Waals surface area contributed by atoms with Crippen LogP contribution in [-0.4, -0.2) is 37.4 Å². The third-order valence-electron chi connectivity index (χ3n) is 5.17. The van der Waals surface area contributed by atoms with Gasteiger partial charge in [-0.3, -0.25) is 4.79 Å². The van der Waals surface area contributed by atoms with Crippen molar-refractivity contribution in [3.63, 3.8) is 0 Å². The Balaban J connectivity index is 1.60. The van der Waals surface area contributed by atoms with Crippen LogP contribution in [0.15, 0.2) is 59.7 Å². The van der Waals surface area contributed by atoms with Gasteiger partial charge in [0.25, 0.3) is 5.91 Å². The highest BCUT2D eigenvalue weighted by Gasteiger charge is 2.10. The minimum atomic E-state index is -0.310. The number of aryl methyl sites for hydroxylation is 2. The van der Waals surface area contributed by atoms with Gasteiger partial charge in [0.1, 0.15) is 5.75 Å². The molecule has 0 spiro atoms. The molecule has 2 aromatic carbocycles. The summed E-state index contributed by atoms with van der Waals surface area (Å²) in [6.45, 7) is 6.16. The SMILES string of the molecule is CCc1ccc(-n2c(C)cc(/C=N/NC(=O)COc3cccc(N(C)C)c3)c2C)cc1. The minimum absolute atomic E-state index is 0.100. The van der Waals surface area contributed by atoms with E-state index < -0.39 is 0 Å². The topological polar surface area (TPSA) is 58.9 Å². The molecule has 0 atom stereocenters. The van der Waals surface area contributed by atoms with E-state index in [1.54, 1.807) is 6.21 Å². The molecular formula is C25H30N4O2. The van der Waals surface area contributed by atoms with E-state index in [-0.39, 0.29) is 12.5 Å². The fourth-order valence-corrected chi connectivity index (χ4v) is 3.40. The van der Waals surface area contributed by atoms with Crippen molar-refractivity contribution < 1.29 is 9.53 Å². The standard InChI is InChI=1S/C25H30N4O2/c1-6-20-10-12-22(13-11-20)29-18(2)14-21(19(29)3)16-26-27-25(30)17-31-24-9-7-8-23(15-24)28(4)5/h7-16H,6,17H2,1-5H3,(H,27,30)/b26-16+. The van der Waals surface area contributed by atoms with Crippen LogP contribution in [0, 0.1) is 13.8 Å². The molecule has 0 saturated heterocycles. The van der Waals surface area contributed by atoms with Gasteiger partial charge in [0.2, 0.25) is 0 Å². The van der Waals surface area contributed by atoms with Gasteiger partial charge in [0.15, 0.2) is 6.61 Å². The van der Waals surface area contributed by atoms with E-state index in [1.165, 1.54) is 5.56 Å². The van der Waals surface area contributed by atoms with Crippen molar-refractivity contribution in [2.24, 2.45) is 5.10 Å². The highest BCUT2D eigenvalue weighted by molar-refractivity contribution is 5.84. The third-order valence-corrected chi connectivity index (χ3v) is 5.17. The number of hydrogen-bond acceptors (Lipinski definition) is 4. The molecule has 6 nitrogen and oxygen atoms in total. The van der Waals surface area contributed by atoms with Gasteiger partial charge in [-0.2, -0.15) is 5.10 Å². The summed E-state index contributed by atoms with van der Waals surface area (Å²) in [4.78, 5) is 14.1. The van der Waals surface area contributed by atoms with Crippen molar-refractivity contribution >= 4 is 17.8 Å². The Labute approximate surface area is 184 Å². The molecule has 6 heteroatoms. The summed E-state index contributed by atoms with van der Waals surface area (Å²) in [5, 5.41) is 4.11. The number of benzene rings is 2. The van der Waals surface area contributed by atoms with Gasteiger partial charge in [0, 0.05) is 48.5 Å². The van der Waals surface area contributed by atoms with Crippen molar-refractivity contribution in [3.8, 4) is 11.4 Å². The minimum Gasteiger partial charge on any atom is -0.484 e. The number of carbonyl (C=O) groups excluding carboxylic acids is 1. The molecule has 0 aliphatic carbocycles. The van der Waals surface area contributed by atoms with Crippen LogP contribution >= 0.6 is 0 Å². The molecule has 31 heavy (non-hydrogen) atoms. The van der Waals surface area contributed by atoms with Gasteiger partial charge in [-0.1, -0.05) is 25.1 Å². The Morgan fingerprint density at radius 3 is 2.55 bits per heavy atom. The summed E-state index contributed by atoms with van der Waals surface area (Å²) in [5.74, 6) is 0.332. The van der Waals surface area contributed by atoms with Crippen LogP contribution < -0.4 is 15.1 Å². The predicted octanol–water partition coefficient (Wildman–Crippen LogP) is 4.25. The van der Waals surface area contributed by atoms with Gasteiger partial charge in [-0.25, -0.2) is 5.43 Å². The molecular weight excluding hydrogens is 388 g/mol. The zero-order chi connectivity index (χ0) is 22.4. The van der Waals surface area contributed by atoms with Crippen LogP contribution in [0.5, 0.6) is 5.75 Å². The van der Waals surface area contributed by atoms with E-state index in [2.05, 4.69) is 59.3 Å². The maximum atomic E-state index is 12.1. The molecule has 0 unspecified atom stereocenters. The fourth-order valence-electron chi connectivity index (χ4n) is 3.40. The summed E-state index contributed by atoms with van der Waals surface area (Å²) in [5.41, 5.74) is 9.10. The Morgan fingerprint density at radius 2 is 1.87 bits per heavy atom. The van der Waals surface area contributed by atoms with Crippen LogP contribution in [0.3, 0.4) is 0 Å². The molecule has 0 fully saturated rings. The normalized spacial score (nSPS) is 11.0. The van der Waals surface area contributed by atoms with Gasteiger partial charge in [-0.05, 0) is 56.2 Å². The van der Waals surface area contributed by atoms with Gasteiger partial charge in [0.05, 0.1) is 6.21 Å². The van der Waals surface area contributed by atoms with E-state index in [0.29, 0.717) is 5.75 Å². The van der Waals surface area contributed by atoms with Gasteiger partial charge >= 0.3 is 0 Å². The lowest BCUT2D eigenvalue weighted by Crippen LogP contribution is -2.24. The number of nitrogens with one attached hydrogen (secondary N) is 1. The molecule has 0 bridgehead atoms. The van der Waals surface area contributed by atoms with E-state index in [0.717, 1.165) is 34.7 Å². The largest absolute Gasteiger partial charge is 0.484 e. The number of rotatable bonds is 8. The quantitative estimate of drug-likeness (QED) is 0.439. The Morgan fingerprint density at radius 1 is 1.13 bits per heavy atom. The number of hydrogen-bond donors (Lipinski definition) is 1. The Bertz CT molecular complexity index is 1070. The molecule has 3 aromatic rings. The Kier molecular flexibility index (Phi) is 7.13. The molecule has 3 rings (SSSR count). The number of aromatic nitrogens is 1. The molecule has 0 aliphatic heterocycles. The summed E-state index contributed by atoms with van der Waals surface area (Å²) in [6, 6.07) is 18.2. The average molecular weight is 419 g/mol. The highest BCUT2D eigenvalue weighted by atomic mass is 16.5. The number of carbonyl (C=O) groups is 1. The van der Waals surface area contributed by atoms with Crippen LogP contribution in [0.2, 0.25) is 0 Å². The van der Waals surface area contributed by atoms with E-state index in [4.69, 9.17) is 4.74 Å². The summed E-state index contributed by atoms with van der Waals surface area (Å²) < 4.78 is 7.75. The lowest BCUT2D eigenvalue weighted by Gasteiger charge is -2.13. The first kappa shape index (κ1) is 22.2. The van der Waals surface area contributed by atoms with Crippen molar-refractivity contribution in [2.45, 2.75) is 27.2 Å². The van der Waals surface area contributed by atoms with Gasteiger partial charge in [-0.15, -0.1) is 0 Å². The number of hydrazone groups is 1. The lowest BCUT2D eigenvalue weighted by atomic mass is 10.1. The molecule has 0 aliphatic rings. The molecule has 1 heterocycles. The molecule has 162 valence electrons. The van der Waals surface area contributed by atoms with Crippen LogP contribution in [0.25, 0.3) is 5.69 Å². The zero-order valence-electron chi connectivity index (χ0n) is 18.8. The molecule has 0 radical (unpaired) electrons. The number of nitrogens with zero attached hydrogens (tertiary/aromatic N) is 3. The van der Waals surface area contributed by atoms with Crippen molar-refractivity contribution in [1.82, 2.24) is 9.99 Å². The maximum Gasteiger partial charge on any atom is 0.277 e. The summed E-state index contributed by atoms with van der Waals surface area (Å²) >= 11 is 0. The van der Waals surface area contributed by atoms with E-state index in [9.17, 15) is 4.79 Å². The van der Waals surface area contributed by atoms with Crippen LogP contribution in [0.4, 0.5) is 5.69 Å². The highest BCUT2D eigenvalue weighted by Crippen LogP contribution is 2.21. The summed E-state index contributed by atoms with van der Waals surface area (Å²) in [6.07, 6.45) is 2.69. The van der Waals surface area contributed by atoms with Crippen molar-refractivity contribution in [2.75, 3.05) is 25.6 Å². The van der Waals surface area contributed by atoms with E-state index in [1.807, 2.05) is 50.2 Å². The number of ether oxygens (including phenoxy) is 1. The second-order valence-corrected chi connectivity index (χ2v) is 7.66. The van der Waals surface area contributed by atoms with Crippen molar-refractivity contribution in [1.29, 1.82) is 0 Å². The van der Waals surface area contributed by atoms with Gasteiger partial charge < -0.3 is 14.2 Å². The smallest absolute Gasteiger partial charge is 0.277 e. The maximum absolute atomic E-state index is 12.1. The fraction of sp³-hybridized carbons (Fsp3) is 0.280. The number of amides is 1. The molecule has 0 saturated carbocycles. The second-order valence-electron chi connectivity index (χ2n) is 7.66. The molecule has 1 amide bonds. The first-order valence-corrected chi connectivity index (χ1v) is 10.4. The van der Waals surface area contributed by atoms with Crippen LogP contribution in [-0.2, 0) is 11.2 Å². The molecule has 1 N–H and O–H groups in total. The molecule has 1 aromatic heterocycles. The zero-order valence-corrected chi connectivity index (χ0v) is 18.8. The van der Waals surface area contributed by atoms with Crippen LogP contribution in [0.1, 0.15) is 29.4 Å².